The Morgan fingerprint density at radius 1 is 1.62 bits per heavy atom. The molecule has 0 radical (unpaired) electrons. The van der Waals surface area contributed by atoms with Crippen LogP contribution in [-0.2, 0) is 14.3 Å². The summed E-state index contributed by atoms with van der Waals surface area (Å²) in [4.78, 5) is 11.3. The fourth-order valence-electron chi connectivity index (χ4n) is 1.90. The number of rotatable bonds is 6. The van der Waals surface area contributed by atoms with Crippen LogP contribution in [0.3, 0.4) is 0 Å². The van der Waals surface area contributed by atoms with Crippen LogP contribution in [0.25, 0.3) is 0 Å². The zero-order valence-electron chi connectivity index (χ0n) is 9.65. The standard InChI is InChI=1S/C11H20O5/c1-2-9-8-11(10(13)14,4-7-15-9)16-6-3-5-12/h9,12H,2-8H2,1H3,(H,13,14). The van der Waals surface area contributed by atoms with E-state index >= 15 is 0 Å². The fraction of sp³-hybridized carbons (Fsp3) is 0.909. The molecule has 1 rings (SSSR count). The molecule has 1 aliphatic rings. The van der Waals surface area contributed by atoms with Gasteiger partial charge in [0.2, 0.25) is 0 Å². The molecule has 0 spiro atoms. The maximum Gasteiger partial charge on any atom is 0.336 e. The van der Waals surface area contributed by atoms with Crippen LogP contribution in [0, 0.1) is 0 Å². The third-order valence-electron chi connectivity index (χ3n) is 2.94. The number of aliphatic hydroxyl groups excluding tert-OH is 1. The molecule has 0 aliphatic carbocycles. The van der Waals surface area contributed by atoms with Crippen molar-refractivity contribution in [3.63, 3.8) is 0 Å². The highest BCUT2D eigenvalue weighted by molar-refractivity contribution is 5.77. The van der Waals surface area contributed by atoms with Crippen LogP contribution in [0.5, 0.6) is 0 Å². The van der Waals surface area contributed by atoms with Gasteiger partial charge in [0.25, 0.3) is 0 Å². The van der Waals surface area contributed by atoms with Crippen molar-refractivity contribution in [2.75, 3.05) is 19.8 Å². The van der Waals surface area contributed by atoms with Gasteiger partial charge in [0.15, 0.2) is 5.60 Å². The number of carboxylic acid groups (broad SMARTS) is 1. The molecule has 0 amide bonds. The van der Waals surface area contributed by atoms with E-state index < -0.39 is 11.6 Å². The molecule has 1 fully saturated rings. The Kier molecular flexibility index (Phi) is 5.18. The highest BCUT2D eigenvalue weighted by Crippen LogP contribution is 2.30. The molecule has 2 N–H and O–H groups in total. The van der Waals surface area contributed by atoms with Crippen LogP contribution in [0.15, 0.2) is 0 Å². The summed E-state index contributed by atoms with van der Waals surface area (Å²) in [6, 6.07) is 0. The van der Waals surface area contributed by atoms with Crippen LogP contribution < -0.4 is 0 Å². The van der Waals surface area contributed by atoms with E-state index in [9.17, 15) is 9.90 Å². The summed E-state index contributed by atoms with van der Waals surface area (Å²) >= 11 is 0. The summed E-state index contributed by atoms with van der Waals surface area (Å²) in [7, 11) is 0. The maximum absolute atomic E-state index is 11.3. The van der Waals surface area contributed by atoms with Crippen molar-refractivity contribution in [2.45, 2.75) is 44.3 Å². The van der Waals surface area contributed by atoms with Crippen molar-refractivity contribution >= 4 is 5.97 Å². The van der Waals surface area contributed by atoms with Crippen LogP contribution >= 0.6 is 0 Å². The summed E-state index contributed by atoms with van der Waals surface area (Å²) in [6.45, 7) is 2.68. The Morgan fingerprint density at radius 3 is 2.94 bits per heavy atom. The quantitative estimate of drug-likeness (QED) is 0.662. The number of carboxylic acids is 1. The number of aliphatic carboxylic acids is 1. The minimum absolute atomic E-state index is 0.0173. The van der Waals surface area contributed by atoms with Crippen molar-refractivity contribution < 1.29 is 24.5 Å². The van der Waals surface area contributed by atoms with Crippen LogP contribution in [0.4, 0.5) is 0 Å². The Labute approximate surface area is 95.4 Å². The lowest BCUT2D eigenvalue weighted by atomic mass is 9.89. The first-order valence-corrected chi connectivity index (χ1v) is 5.74. The first kappa shape index (κ1) is 13.4. The molecule has 0 saturated carbocycles. The SMILES string of the molecule is CCC1CC(OCCCO)(C(=O)O)CCO1. The maximum atomic E-state index is 11.3. The van der Waals surface area contributed by atoms with Gasteiger partial charge in [-0.1, -0.05) is 6.92 Å². The normalized spacial score (nSPS) is 30.2. The molecule has 94 valence electrons. The van der Waals surface area contributed by atoms with Gasteiger partial charge in [-0.25, -0.2) is 4.79 Å². The molecule has 1 aliphatic heterocycles. The first-order valence-electron chi connectivity index (χ1n) is 5.74. The molecule has 2 unspecified atom stereocenters. The third kappa shape index (κ3) is 3.17. The van der Waals surface area contributed by atoms with E-state index in [-0.39, 0.29) is 19.3 Å². The number of ether oxygens (including phenoxy) is 2. The Hall–Kier alpha value is -0.650. The van der Waals surface area contributed by atoms with Gasteiger partial charge < -0.3 is 19.7 Å². The van der Waals surface area contributed by atoms with E-state index in [1.165, 1.54) is 0 Å². The Morgan fingerprint density at radius 2 is 2.38 bits per heavy atom. The van der Waals surface area contributed by atoms with Gasteiger partial charge in [0, 0.05) is 19.4 Å². The largest absolute Gasteiger partial charge is 0.479 e. The molecular weight excluding hydrogens is 212 g/mol. The summed E-state index contributed by atoms with van der Waals surface area (Å²) in [5.74, 6) is -0.924. The van der Waals surface area contributed by atoms with Gasteiger partial charge in [-0.05, 0) is 12.8 Å². The second-order valence-electron chi connectivity index (χ2n) is 4.08. The molecule has 5 nitrogen and oxygen atoms in total. The van der Waals surface area contributed by atoms with Gasteiger partial charge in [-0.2, -0.15) is 0 Å². The molecule has 1 saturated heterocycles. The minimum atomic E-state index is -1.12. The molecule has 2 atom stereocenters. The predicted octanol–water partition coefficient (Wildman–Crippen LogP) is 0.798. The Balaban J connectivity index is 2.60. The van der Waals surface area contributed by atoms with E-state index in [4.69, 9.17) is 14.6 Å². The number of aliphatic hydroxyl groups is 1. The summed E-state index contributed by atoms with van der Waals surface area (Å²) in [5.41, 5.74) is -1.12. The number of hydrogen-bond donors (Lipinski definition) is 2. The third-order valence-corrected chi connectivity index (χ3v) is 2.94. The van der Waals surface area contributed by atoms with Gasteiger partial charge in [-0.15, -0.1) is 0 Å². The van der Waals surface area contributed by atoms with E-state index in [0.29, 0.717) is 25.9 Å². The molecule has 5 heteroatoms. The Bertz CT molecular complexity index is 230. The molecular formula is C11H20O5. The average molecular weight is 232 g/mol. The van der Waals surface area contributed by atoms with Gasteiger partial charge in [0.1, 0.15) is 0 Å². The van der Waals surface area contributed by atoms with Gasteiger partial charge in [0.05, 0.1) is 19.3 Å². The summed E-state index contributed by atoms with van der Waals surface area (Å²) < 4.78 is 10.9. The monoisotopic (exact) mass is 232 g/mol. The topological polar surface area (TPSA) is 76.0 Å². The van der Waals surface area contributed by atoms with Crippen molar-refractivity contribution in [3.8, 4) is 0 Å². The fourth-order valence-corrected chi connectivity index (χ4v) is 1.90. The van der Waals surface area contributed by atoms with E-state index in [2.05, 4.69) is 0 Å². The van der Waals surface area contributed by atoms with Gasteiger partial charge >= 0.3 is 5.97 Å². The molecule has 0 aromatic heterocycles. The molecule has 0 aromatic rings. The lowest BCUT2D eigenvalue weighted by molar-refractivity contribution is -0.187. The summed E-state index contributed by atoms with van der Waals surface area (Å²) in [5, 5.41) is 17.9. The van der Waals surface area contributed by atoms with Crippen molar-refractivity contribution in [1.29, 1.82) is 0 Å². The molecule has 0 aromatic carbocycles. The highest BCUT2D eigenvalue weighted by Gasteiger charge is 2.44. The second-order valence-corrected chi connectivity index (χ2v) is 4.08. The number of hydrogen-bond acceptors (Lipinski definition) is 4. The smallest absolute Gasteiger partial charge is 0.336 e. The van der Waals surface area contributed by atoms with Crippen LogP contribution in [0.1, 0.15) is 32.6 Å². The molecule has 1 heterocycles. The zero-order chi connectivity index (χ0) is 12.0. The van der Waals surface area contributed by atoms with Crippen molar-refractivity contribution in [2.24, 2.45) is 0 Å². The van der Waals surface area contributed by atoms with Crippen LogP contribution in [0.2, 0.25) is 0 Å². The highest BCUT2D eigenvalue weighted by atomic mass is 16.5. The van der Waals surface area contributed by atoms with Gasteiger partial charge in [-0.3, -0.25) is 0 Å². The molecule has 16 heavy (non-hydrogen) atoms. The molecule has 0 bridgehead atoms. The lowest BCUT2D eigenvalue weighted by Crippen LogP contribution is -2.49. The van der Waals surface area contributed by atoms with Crippen molar-refractivity contribution in [1.82, 2.24) is 0 Å². The number of carbonyl (C=O) groups is 1. The minimum Gasteiger partial charge on any atom is -0.479 e. The predicted molar refractivity (Wildman–Crippen MR) is 57.3 cm³/mol. The van der Waals surface area contributed by atoms with Crippen molar-refractivity contribution in [3.05, 3.63) is 0 Å². The zero-order valence-corrected chi connectivity index (χ0v) is 9.65. The lowest BCUT2D eigenvalue weighted by Gasteiger charge is -2.37. The average Bonchev–Trinajstić information content (AvgIpc) is 2.29. The second kappa shape index (κ2) is 6.18. The van der Waals surface area contributed by atoms with E-state index in [1.807, 2.05) is 6.92 Å². The van der Waals surface area contributed by atoms with E-state index in [0.717, 1.165) is 6.42 Å². The van der Waals surface area contributed by atoms with Crippen LogP contribution in [-0.4, -0.2) is 47.7 Å². The van der Waals surface area contributed by atoms with E-state index in [1.54, 1.807) is 0 Å². The summed E-state index contributed by atoms with van der Waals surface area (Å²) in [6.07, 6.45) is 1.98. The first-order chi connectivity index (χ1) is 7.64.